The summed E-state index contributed by atoms with van der Waals surface area (Å²) >= 11 is 1.29. The Bertz CT molecular complexity index is 856. The Morgan fingerprint density at radius 1 is 1.21 bits per heavy atom. The Labute approximate surface area is 140 Å². The highest BCUT2D eigenvalue weighted by molar-refractivity contribution is 7.13. The second kappa shape index (κ2) is 6.87. The van der Waals surface area contributed by atoms with E-state index >= 15 is 0 Å². The van der Waals surface area contributed by atoms with Crippen molar-refractivity contribution in [2.24, 2.45) is 0 Å². The molecule has 0 amide bonds. The predicted octanol–water partition coefficient (Wildman–Crippen LogP) is 3.39. The van der Waals surface area contributed by atoms with Crippen molar-refractivity contribution in [3.63, 3.8) is 0 Å². The lowest BCUT2D eigenvalue weighted by atomic mass is 10.3. The normalized spacial score (nSPS) is 10.2. The van der Waals surface area contributed by atoms with Crippen molar-refractivity contribution in [1.82, 2.24) is 15.0 Å². The number of para-hydroxylation sites is 2. The minimum Gasteiger partial charge on any atom is -0.493 e. The molecule has 0 fully saturated rings. The SMILES string of the molecule is COc1ccccc1Oc1ncnc(Nc2nccs2)c1[N+](=O)[O-]. The lowest BCUT2D eigenvalue weighted by molar-refractivity contribution is -0.385. The van der Waals surface area contributed by atoms with Gasteiger partial charge >= 0.3 is 11.6 Å². The number of benzene rings is 1. The highest BCUT2D eigenvalue weighted by Crippen LogP contribution is 2.38. The van der Waals surface area contributed by atoms with Gasteiger partial charge in [0.05, 0.1) is 12.0 Å². The van der Waals surface area contributed by atoms with Crippen LogP contribution in [0.2, 0.25) is 0 Å². The number of nitro groups is 1. The molecule has 0 aliphatic heterocycles. The number of thiazole rings is 1. The van der Waals surface area contributed by atoms with Gasteiger partial charge in [0.2, 0.25) is 5.82 Å². The number of nitrogens with one attached hydrogen (secondary N) is 1. The Hall–Kier alpha value is -3.27. The topological polar surface area (TPSA) is 112 Å². The molecule has 0 radical (unpaired) electrons. The van der Waals surface area contributed by atoms with Crippen molar-refractivity contribution in [3.8, 4) is 17.4 Å². The average molecular weight is 345 g/mol. The van der Waals surface area contributed by atoms with E-state index in [2.05, 4.69) is 20.3 Å². The molecule has 2 aromatic heterocycles. The summed E-state index contributed by atoms with van der Waals surface area (Å²) in [5, 5.41) is 16.5. The maximum atomic E-state index is 11.5. The van der Waals surface area contributed by atoms with Crippen LogP contribution in [-0.4, -0.2) is 27.0 Å². The van der Waals surface area contributed by atoms with Crippen LogP contribution in [0.1, 0.15) is 0 Å². The standard InChI is InChI=1S/C14H11N5O4S/c1-22-9-4-2-3-5-10(9)23-13-11(19(20)21)12(16-8-17-13)18-14-15-6-7-24-14/h2-8H,1H3,(H,15,16,17,18). The van der Waals surface area contributed by atoms with Gasteiger partial charge < -0.3 is 14.8 Å². The third kappa shape index (κ3) is 3.22. The van der Waals surface area contributed by atoms with Crippen molar-refractivity contribution >= 4 is 28.0 Å². The summed E-state index contributed by atoms with van der Waals surface area (Å²) in [6.07, 6.45) is 2.75. The number of ether oxygens (including phenoxy) is 2. The van der Waals surface area contributed by atoms with Gasteiger partial charge in [-0.2, -0.15) is 4.98 Å². The van der Waals surface area contributed by atoms with Crippen LogP contribution in [0.15, 0.2) is 42.2 Å². The molecule has 0 spiro atoms. The van der Waals surface area contributed by atoms with E-state index < -0.39 is 10.6 Å². The molecule has 0 saturated heterocycles. The van der Waals surface area contributed by atoms with Crippen LogP contribution < -0.4 is 14.8 Å². The van der Waals surface area contributed by atoms with Crippen molar-refractivity contribution in [2.75, 3.05) is 12.4 Å². The van der Waals surface area contributed by atoms with Crippen molar-refractivity contribution in [2.45, 2.75) is 0 Å². The van der Waals surface area contributed by atoms with Gasteiger partial charge in [0.25, 0.3) is 0 Å². The fourth-order valence-corrected chi connectivity index (χ4v) is 2.42. The summed E-state index contributed by atoms with van der Waals surface area (Å²) in [6.45, 7) is 0. The molecular weight excluding hydrogens is 334 g/mol. The highest BCUT2D eigenvalue weighted by Gasteiger charge is 2.26. The zero-order chi connectivity index (χ0) is 16.9. The lowest BCUT2D eigenvalue weighted by Crippen LogP contribution is -2.03. The number of hydrogen-bond donors (Lipinski definition) is 1. The number of nitrogens with zero attached hydrogens (tertiary/aromatic N) is 4. The minimum atomic E-state index is -0.610. The predicted molar refractivity (Wildman–Crippen MR) is 87.2 cm³/mol. The summed E-state index contributed by atoms with van der Waals surface area (Å²) in [5.74, 6) is 0.537. The van der Waals surface area contributed by atoms with E-state index in [0.29, 0.717) is 16.6 Å². The monoisotopic (exact) mass is 345 g/mol. The Kier molecular flexibility index (Phi) is 4.47. The largest absolute Gasteiger partial charge is 0.493 e. The number of rotatable bonds is 6. The minimum absolute atomic E-state index is 0.00477. The molecule has 10 heteroatoms. The first kappa shape index (κ1) is 15.6. The average Bonchev–Trinajstić information content (AvgIpc) is 3.08. The van der Waals surface area contributed by atoms with E-state index in [1.807, 2.05) is 0 Å². The molecule has 24 heavy (non-hydrogen) atoms. The molecule has 9 nitrogen and oxygen atoms in total. The first-order valence-corrected chi connectivity index (χ1v) is 7.53. The molecule has 0 unspecified atom stereocenters. The molecular formula is C14H11N5O4S. The van der Waals surface area contributed by atoms with E-state index in [0.717, 1.165) is 0 Å². The number of aromatic nitrogens is 3. The van der Waals surface area contributed by atoms with Crippen LogP contribution in [0.5, 0.6) is 17.4 Å². The first-order chi connectivity index (χ1) is 11.7. The van der Waals surface area contributed by atoms with Gasteiger partial charge in [0.1, 0.15) is 6.33 Å². The van der Waals surface area contributed by atoms with Gasteiger partial charge in [0, 0.05) is 11.6 Å². The van der Waals surface area contributed by atoms with Crippen LogP contribution in [0.25, 0.3) is 0 Å². The van der Waals surface area contributed by atoms with E-state index in [-0.39, 0.29) is 11.7 Å². The number of hydrogen-bond acceptors (Lipinski definition) is 9. The summed E-state index contributed by atoms with van der Waals surface area (Å²) in [6, 6.07) is 6.78. The summed E-state index contributed by atoms with van der Waals surface area (Å²) in [5.41, 5.74) is -0.390. The Morgan fingerprint density at radius 2 is 2.00 bits per heavy atom. The van der Waals surface area contributed by atoms with Crippen LogP contribution in [0.4, 0.5) is 16.6 Å². The van der Waals surface area contributed by atoms with Gasteiger partial charge in [-0.05, 0) is 12.1 Å². The molecule has 1 N–H and O–H groups in total. The number of anilines is 2. The smallest absolute Gasteiger partial charge is 0.373 e. The molecule has 3 rings (SSSR count). The maximum absolute atomic E-state index is 11.5. The van der Waals surface area contributed by atoms with Crippen LogP contribution in [-0.2, 0) is 0 Å². The fraction of sp³-hybridized carbons (Fsp3) is 0.0714. The summed E-state index contributed by atoms with van der Waals surface area (Å²) in [7, 11) is 1.48. The van der Waals surface area contributed by atoms with Crippen LogP contribution in [0, 0.1) is 10.1 Å². The lowest BCUT2D eigenvalue weighted by Gasteiger charge is -2.10. The van der Waals surface area contributed by atoms with Gasteiger partial charge in [-0.15, -0.1) is 11.3 Å². The Morgan fingerprint density at radius 3 is 2.67 bits per heavy atom. The van der Waals surface area contributed by atoms with Crippen molar-refractivity contribution in [1.29, 1.82) is 0 Å². The zero-order valence-electron chi connectivity index (χ0n) is 12.4. The Balaban J connectivity index is 2.00. The summed E-state index contributed by atoms with van der Waals surface area (Å²) in [4.78, 5) is 22.7. The third-order valence-corrected chi connectivity index (χ3v) is 3.59. The molecule has 3 aromatic rings. The van der Waals surface area contributed by atoms with E-state index in [1.165, 1.54) is 24.8 Å². The molecule has 0 atom stereocenters. The van der Waals surface area contributed by atoms with Gasteiger partial charge in [-0.3, -0.25) is 10.1 Å². The zero-order valence-corrected chi connectivity index (χ0v) is 13.2. The molecule has 0 aliphatic rings. The van der Waals surface area contributed by atoms with Crippen LogP contribution >= 0.6 is 11.3 Å². The molecule has 1 aromatic carbocycles. The molecule has 0 bridgehead atoms. The van der Waals surface area contributed by atoms with E-state index in [9.17, 15) is 10.1 Å². The maximum Gasteiger partial charge on any atom is 0.373 e. The molecule has 2 heterocycles. The van der Waals surface area contributed by atoms with E-state index in [1.54, 1.807) is 35.8 Å². The van der Waals surface area contributed by atoms with Crippen LogP contribution in [0.3, 0.4) is 0 Å². The molecule has 0 saturated carbocycles. The quantitative estimate of drug-likeness (QED) is 0.534. The summed E-state index contributed by atoms with van der Waals surface area (Å²) < 4.78 is 10.7. The van der Waals surface area contributed by atoms with Crippen molar-refractivity contribution < 1.29 is 14.4 Å². The molecule has 122 valence electrons. The van der Waals surface area contributed by atoms with Gasteiger partial charge in [-0.25, -0.2) is 9.97 Å². The third-order valence-electron chi connectivity index (χ3n) is 2.90. The molecule has 0 aliphatic carbocycles. The second-order valence-electron chi connectivity index (χ2n) is 4.35. The van der Waals surface area contributed by atoms with Gasteiger partial charge in [-0.1, -0.05) is 12.1 Å². The second-order valence-corrected chi connectivity index (χ2v) is 5.24. The first-order valence-electron chi connectivity index (χ1n) is 6.66. The fourth-order valence-electron chi connectivity index (χ4n) is 1.89. The highest BCUT2D eigenvalue weighted by atomic mass is 32.1. The van der Waals surface area contributed by atoms with Gasteiger partial charge in [0.15, 0.2) is 16.6 Å². The van der Waals surface area contributed by atoms with E-state index in [4.69, 9.17) is 9.47 Å². The van der Waals surface area contributed by atoms with Crippen molar-refractivity contribution in [3.05, 3.63) is 52.3 Å². The number of methoxy groups -OCH3 is 1.